The topological polar surface area (TPSA) is 56.8 Å². The Hall–Kier alpha value is -2.40. The minimum atomic E-state index is -0.122. The highest BCUT2D eigenvalue weighted by Crippen LogP contribution is 2.42. The van der Waals surface area contributed by atoms with Gasteiger partial charge in [-0.2, -0.15) is 0 Å². The summed E-state index contributed by atoms with van der Waals surface area (Å²) in [5, 5.41) is 3.51. The largest absolute Gasteiger partial charge is 0.497 e. The molecule has 0 spiro atoms. The number of benzene rings is 2. The quantitative estimate of drug-likeness (QED) is 0.740. The van der Waals surface area contributed by atoms with Crippen molar-refractivity contribution in [3.05, 3.63) is 40.9 Å². The van der Waals surface area contributed by atoms with Crippen LogP contribution in [0.3, 0.4) is 0 Å². The third-order valence-corrected chi connectivity index (χ3v) is 5.41. The maximum Gasteiger partial charge on any atom is 0.222 e. The zero-order valence-electron chi connectivity index (χ0n) is 16.7. The van der Waals surface area contributed by atoms with E-state index in [0.29, 0.717) is 23.7 Å². The van der Waals surface area contributed by atoms with Gasteiger partial charge in [-0.25, -0.2) is 0 Å². The van der Waals surface area contributed by atoms with E-state index in [4.69, 9.17) is 25.8 Å². The van der Waals surface area contributed by atoms with E-state index in [1.807, 2.05) is 38.1 Å². The number of ether oxygens (including phenoxy) is 3. The Balaban J connectivity index is 1.81. The lowest BCUT2D eigenvalue weighted by molar-refractivity contribution is -0.124. The number of fused-ring (bicyclic) bond motifs is 1. The van der Waals surface area contributed by atoms with Crippen LogP contribution in [0.1, 0.15) is 25.8 Å². The van der Waals surface area contributed by atoms with E-state index < -0.39 is 0 Å². The molecule has 0 bridgehead atoms. The van der Waals surface area contributed by atoms with Gasteiger partial charge in [-0.3, -0.25) is 4.79 Å². The molecule has 0 fully saturated rings. The first kappa shape index (κ1) is 20.3. The molecular formula is C22H26ClNO4. The molecule has 150 valence electrons. The first-order chi connectivity index (χ1) is 13.5. The number of methoxy groups -OCH3 is 2. The van der Waals surface area contributed by atoms with Gasteiger partial charge >= 0.3 is 0 Å². The predicted octanol–water partition coefficient (Wildman–Crippen LogP) is 4.49. The van der Waals surface area contributed by atoms with Gasteiger partial charge < -0.3 is 19.5 Å². The van der Waals surface area contributed by atoms with Crippen LogP contribution in [0.25, 0.3) is 11.1 Å². The van der Waals surface area contributed by atoms with Crippen LogP contribution in [-0.2, 0) is 11.2 Å². The summed E-state index contributed by atoms with van der Waals surface area (Å²) in [5.41, 5.74) is 2.86. The Morgan fingerprint density at radius 2 is 2.07 bits per heavy atom. The molecule has 0 saturated heterocycles. The minimum Gasteiger partial charge on any atom is -0.497 e. The highest BCUT2D eigenvalue weighted by Gasteiger charge is 2.27. The average molecular weight is 404 g/mol. The van der Waals surface area contributed by atoms with Crippen LogP contribution >= 0.6 is 11.6 Å². The first-order valence-corrected chi connectivity index (χ1v) is 9.83. The maximum absolute atomic E-state index is 12.0. The molecule has 1 aliphatic rings. The van der Waals surface area contributed by atoms with E-state index in [9.17, 15) is 4.79 Å². The van der Waals surface area contributed by atoms with Crippen LogP contribution in [0, 0.1) is 5.92 Å². The van der Waals surface area contributed by atoms with E-state index >= 15 is 0 Å². The molecule has 28 heavy (non-hydrogen) atoms. The number of carbonyl (C=O) groups is 1. The normalized spacial score (nSPS) is 16.1. The molecular weight excluding hydrogens is 378 g/mol. The highest BCUT2D eigenvalue weighted by atomic mass is 35.5. The van der Waals surface area contributed by atoms with Crippen molar-refractivity contribution in [2.45, 2.75) is 32.8 Å². The fourth-order valence-electron chi connectivity index (χ4n) is 3.27. The smallest absolute Gasteiger partial charge is 0.222 e. The Labute approximate surface area is 170 Å². The average Bonchev–Trinajstić information content (AvgIpc) is 3.14. The summed E-state index contributed by atoms with van der Waals surface area (Å²) in [6, 6.07) is 9.60. The number of halogens is 1. The monoisotopic (exact) mass is 403 g/mol. The van der Waals surface area contributed by atoms with Crippen molar-refractivity contribution in [2.75, 3.05) is 20.8 Å². The van der Waals surface area contributed by atoms with Crippen LogP contribution in [0.2, 0.25) is 5.02 Å². The summed E-state index contributed by atoms with van der Waals surface area (Å²) < 4.78 is 16.8. The lowest BCUT2D eigenvalue weighted by atomic mass is 9.99. The molecule has 2 aromatic rings. The number of amides is 1. The summed E-state index contributed by atoms with van der Waals surface area (Å²) in [6.07, 6.45) is 1.38. The molecule has 2 aromatic carbocycles. The summed E-state index contributed by atoms with van der Waals surface area (Å²) in [4.78, 5) is 12.0. The molecule has 0 aliphatic carbocycles. The molecule has 3 rings (SSSR count). The Kier molecular flexibility index (Phi) is 6.35. The van der Waals surface area contributed by atoms with E-state index in [1.54, 1.807) is 14.2 Å². The summed E-state index contributed by atoms with van der Waals surface area (Å²) in [5.74, 6) is 2.23. The van der Waals surface area contributed by atoms with Gasteiger partial charge in [0.05, 0.1) is 25.8 Å². The van der Waals surface area contributed by atoms with Gasteiger partial charge in [0.2, 0.25) is 5.91 Å². The van der Waals surface area contributed by atoms with Crippen molar-refractivity contribution in [2.24, 2.45) is 5.92 Å². The first-order valence-electron chi connectivity index (χ1n) is 9.46. The molecule has 1 heterocycles. The van der Waals surface area contributed by atoms with Gasteiger partial charge in [0, 0.05) is 23.5 Å². The van der Waals surface area contributed by atoms with Crippen molar-refractivity contribution < 1.29 is 19.0 Å². The standard InChI is InChI=1S/C22H26ClNO4/c1-5-13(2)22(25)24-12-17-9-15-8-14(10-19(23)21(15)28-17)18-11-16(26-3)6-7-20(18)27-4/h6-8,10-11,13,17H,5,9,12H2,1-4H3,(H,24,25)/t13-,17+/m1/s1. The molecule has 1 aliphatic heterocycles. The molecule has 1 N–H and O–H groups in total. The number of hydrogen-bond acceptors (Lipinski definition) is 4. The zero-order chi connectivity index (χ0) is 20.3. The lowest BCUT2D eigenvalue weighted by Crippen LogP contribution is -2.37. The second-order valence-electron chi connectivity index (χ2n) is 7.01. The number of nitrogens with one attached hydrogen (secondary N) is 1. The molecule has 6 heteroatoms. The van der Waals surface area contributed by atoms with Gasteiger partial charge in [0.15, 0.2) is 0 Å². The van der Waals surface area contributed by atoms with Gasteiger partial charge in [-0.15, -0.1) is 0 Å². The highest BCUT2D eigenvalue weighted by molar-refractivity contribution is 6.32. The molecule has 0 radical (unpaired) electrons. The molecule has 0 aromatic heterocycles. The van der Waals surface area contributed by atoms with Gasteiger partial charge in [0.25, 0.3) is 0 Å². The van der Waals surface area contributed by atoms with E-state index in [0.717, 1.165) is 34.6 Å². The van der Waals surface area contributed by atoms with Crippen LogP contribution in [-0.4, -0.2) is 32.8 Å². The third-order valence-electron chi connectivity index (χ3n) is 5.13. The molecule has 0 unspecified atom stereocenters. The Morgan fingerprint density at radius 3 is 2.75 bits per heavy atom. The van der Waals surface area contributed by atoms with Crippen LogP contribution in [0.4, 0.5) is 0 Å². The van der Waals surface area contributed by atoms with Crippen molar-refractivity contribution >= 4 is 17.5 Å². The van der Waals surface area contributed by atoms with Crippen LogP contribution < -0.4 is 19.5 Å². The summed E-state index contributed by atoms with van der Waals surface area (Å²) in [7, 11) is 3.27. The van der Waals surface area contributed by atoms with Gasteiger partial charge in [-0.1, -0.05) is 25.4 Å². The van der Waals surface area contributed by atoms with Crippen LogP contribution in [0.5, 0.6) is 17.2 Å². The Morgan fingerprint density at radius 1 is 1.29 bits per heavy atom. The molecule has 0 saturated carbocycles. The zero-order valence-corrected chi connectivity index (χ0v) is 17.4. The van der Waals surface area contributed by atoms with Crippen molar-refractivity contribution in [3.63, 3.8) is 0 Å². The SMILES string of the molecule is CC[C@@H](C)C(=O)NC[C@@H]1Cc2cc(-c3cc(OC)ccc3OC)cc(Cl)c2O1. The Bertz CT molecular complexity index is 868. The minimum absolute atomic E-state index is 0.000468. The fraction of sp³-hybridized carbons (Fsp3) is 0.409. The molecule has 2 atom stereocenters. The number of hydrogen-bond donors (Lipinski definition) is 1. The number of rotatable bonds is 7. The molecule has 5 nitrogen and oxygen atoms in total. The molecule has 1 amide bonds. The van der Waals surface area contributed by atoms with Gasteiger partial charge in [0.1, 0.15) is 23.4 Å². The lowest BCUT2D eigenvalue weighted by Gasteiger charge is -2.14. The number of carbonyl (C=O) groups excluding carboxylic acids is 1. The maximum atomic E-state index is 12.0. The fourth-order valence-corrected chi connectivity index (χ4v) is 3.55. The van der Waals surface area contributed by atoms with E-state index in [1.165, 1.54) is 0 Å². The second-order valence-corrected chi connectivity index (χ2v) is 7.42. The van der Waals surface area contributed by atoms with E-state index in [-0.39, 0.29) is 17.9 Å². The predicted molar refractivity (Wildman–Crippen MR) is 111 cm³/mol. The second kappa shape index (κ2) is 8.74. The van der Waals surface area contributed by atoms with Gasteiger partial charge in [-0.05, 0) is 42.3 Å². The summed E-state index contributed by atoms with van der Waals surface area (Å²) >= 11 is 6.51. The third kappa shape index (κ3) is 4.20. The van der Waals surface area contributed by atoms with Crippen molar-refractivity contribution in [1.29, 1.82) is 0 Å². The van der Waals surface area contributed by atoms with E-state index in [2.05, 4.69) is 11.4 Å². The van der Waals surface area contributed by atoms with Crippen molar-refractivity contribution in [3.8, 4) is 28.4 Å². The summed E-state index contributed by atoms with van der Waals surface area (Å²) in [6.45, 7) is 4.39. The van der Waals surface area contributed by atoms with Crippen LogP contribution in [0.15, 0.2) is 30.3 Å². The van der Waals surface area contributed by atoms with Crippen molar-refractivity contribution in [1.82, 2.24) is 5.32 Å².